The van der Waals surface area contributed by atoms with E-state index in [0.29, 0.717) is 17.7 Å². The van der Waals surface area contributed by atoms with Gasteiger partial charge in [-0.1, -0.05) is 70.3 Å². The van der Waals surface area contributed by atoms with Crippen molar-refractivity contribution in [3.8, 4) is 11.8 Å². The smallest absolute Gasteiger partial charge is 0.310 e. The topological polar surface area (TPSA) is 9.23 Å². The standard InChI is InChI=1S/C22H31F5OS/c1-2-3-4-5-6-7-18-28-21-14-10-19(11-15-21)8-9-20-12-16-22(17-13-20)29(23,24,25,26)27/h12-13,16-17,19,21H,2-7,10-11,14-15,18H2,1H3/t19-,21-. The fraction of sp³-hybridized carbons (Fsp3) is 0.636. The summed E-state index contributed by atoms with van der Waals surface area (Å²) in [6.07, 6.45) is 11.3. The molecule has 1 saturated carbocycles. The van der Waals surface area contributed by atoms with E-state index in [1.807, 2.05) is 0 Å². The molecule has 1 fully saturated rings. The summed E-state index contributed by atoms with van der Waals surface area (Å²) >= 11 is 0. The van der Waals surface area contributed by atoms with Crippen LogP contribution in [0, 0.1) is 17.8 Å². The number of ether oxygens (including phenoxy) is 1. The quantitative estimate of drug-likeness (QED) is 0.213. The summed E-state index contributed by atoms with van der Waals surface area (Å²) in [7, 11) is -9.61. The zero-order valence-corrected chi connectivity index (χ0v) is 17.8. The lowest BCUT2D eigenvalue weighted by molar-refractivity contribution is 0.0209. The van der Waals surface area contributed by atoms with E-state index in [1.54, 1.807) is 0 Å². The minimum absolute atomic E-state index is 0.166. The molecule has 0 atom stereocenters. The molecule has 0 bridgehead atoms. The Balaban J connectivity index is 1.72. The molecule has 1 aliphatic carbocycles. The monoisotopic (exact) mass is 438 g/mol. The number of unbranched alkanes of at least 4 members (excludes halogenated alkanes) is 5. The van der Waals surface area contributed by atoms with Gasteiger partial charge in [-0.05, 0) is 56.4 Å². The van der Waals surface area contributed by atoms with Gasteiger partial charge in [-0.3, -0.25) is 0 Å². The normalized spacial score (nSPS) is 22.3. The molecule has 0 amide bonds. The average Bonchev–Trinajstić information content (AvgIpc) is 2.65. The summed E-state index contributed by atoms with van der Waals surface area (Å²) in [4.78, 5) is -1.88. The second-order valence-electron chi connectivity index (χ2n) is 7.87. The molecular formula is C22H31F5OS. The Hall–Kier alpha value is -1.26. The zero-order chi connectivity index (χ0) is 21.4. The van der Waals surface area contributed by atoms with E-state index in [9.17, 15) is 19.4 Å². The van der Waals surface area contributed by atoms with Gasteiger partial charge in [0.15, 0.2) is 0 Å². The summed E-state index contributed by atoms with van der Waals surface area (Å²) in [5.74, 6) is 6.05. The van der Waals surface area contributed by atoms with E-state index >= 15 is 0 Å². The van der Waals surface area contributed by atoms with Crippen LogP contribution in [0.3, 0.4) is 0 Å². The largest absolute Gasteiger partial charge is 0.378 e. The van der Waals surface area contributed by atoms with Crippen molar-refractivity contribution in [3.63, 3.8) is 0 Å². The Morgan fingerprint density at radius 1 is 0.862 bits per heavy atom. The van der Waals surface area contributed by atoms with Crippen LogP contribution in [0.25, 0.3) is 0 Å². The van der Waals surface area contributed by atoms with Crippen molar-refractivity contribution in [2.75, 3.05) is 6.61 Å². The van der Waals surface area contributed by atoms with Gasteiger partial charge in [0.05, 0.1) is 6.10 Å². The van der Waals surface area contributed by atoms with Gasteiger partial charge in [0.25, 0.3) is 0 Å². The van der Waals surface area contributed by atoms with Gasteiger partial charge in [0.2, 0.25) is 0 Å². The third-order valence-electron chi connectivity index (χ3n) is 5.25. The molecule has 1 aromatic rings. The van der Waals surface area contributed by atoms with Gasteiger partial charge in [-0.2, -0.15) is 0 Å². The van der Waals surface area contributed by atoms with E-state index in [-0.39, 0.29) is 12.0 Å². The third kappa shape index (κ3) is 8.96. The van der Waals surface area contributed by atoms with Crippen LogP contribution in [0.1, 0.15) is 76.7 Å². The highest BCUT2D eigenvalue weighted by Gasteiger charge is 2.65. The lowest BCUT2D eigenvalue weighted by atomic mass is 9.87. The molecule has 166 valence electrons. The highest BCUT2D eigenvalue weighted by molar-refractivity contribution is 8.45. The van der Waals surface area contributed by atoms with Crippen molar-refractivity contribution >= 4 is 10.2 Å². The summed E-state index contributed by atoms with van der Waals surface area (Å²) < 4.78 is 69.6. The van der Waals surface area contributed by atoms with Crippen LogP contribution < -0.4 is 0 Å². The minimum atomic E-state index is -9.61. The van der Waals surface area contributed by atoms with Crippen molar-refractivity contribution in [2.45, 2.75) is 82.1 Å². The first kappa shape index (κ1) is 24.0. The molecule has 0 radical (unpaired) electrons. The minimum Gasteiger partial charge on any atom is -0.378 e. The maximum atomic E-state index is 12.7. The van der Waals surface area contributed by atoms with Crippen molar-refractivity contribution in [1.82, 2.24) is 0 Å². The van der Waals surface area contributed by atoms with E-state index in [2.05, 4.69) is 18.8 Å². The van der Waals surface area contributed by atoms with Gasteiger partial charge >= 0.3 is 10.2 Å². The van der Waals surface area contributed by atoms with Crippen LogP contribution in [-0.4, -0.2) is 12.7 Å². The summed E-state index contributed by atoms with van der Waals surface area (Å²) in [6, 6.07) is 2.85. The Morgan fingerprint density at radius 3 is 2.03 bits per heavy atom. The zero-order valence-electron chi connectivity index (χ0n) is 16.9. The van der Waals surface area contributed by atoms with Gasteiger partial charge in [0, 0.05) is 18.1 Å². The van der Waals surface area contributed by atoms with Crippen LogP contribution in [0.4, 0.5) is 19.4 Å². The van der Waals surface area contributed by atoms with Gasteiger partial charge in [-0.25, -0.2) is 0 Å². The van der Waals surface area contributed by atoms with E-state index in [1.165, 1.54) is 32.1 Å². The van der Waals surface area contributed by atoms with Crippen LogP contribution >= 0.6 is 10.2 Å². The van der Waals surface area contributed by atoms with Crippen molar-refractivity contribution in [2.24, 2.45) is 5.92 Å². The van der Waals surface area contributed by atoms with Gasteiger partial charge in [0.1, 0.15) is 4.90 Å². The predicted molar refractivity (Wildman–Crippen MR) is 110 cm³/mol. The van der Waals surface area contributed by atoms with E-state index in [0.717, 1.165) is 50.8 Å². The fourth-order valence-electron chi connectivity index (χ4n) is 3.49. The number of rotatable bonds is 9. The molecule has 1 aliphatic rings. The lowest BCUT2D eigenvalue weighted by Gasteiger charge is -2.40. The average molecular weight is 439 g/mol. The number of benzene rings is 1. The fourth-order valence-corrected chi connectivity index (χ4v) is 4.14. The molecule has 2 rings (SSSR count). The number of hydrogen-bond donors (Lipinski definition) is 0. The van der Waals surface area contributed by atoms with Gasteiger partial charge in [-0.15, -0.1) is 0 Å². The van der Waals surface area contributed by atoms with Crippen LogP contribution in [-0.2, 0) is 4.74 Å². The third-order valence-corrected chi connectivity index (χ3v) is 6.41. The molecule has 1 nitrogen and oxygen atoms in total. The Bertz CT molecular complexity index is 695. The lowest BCUT2D eigenvalue weighted by Crippen LogP contribution is -2.21. The first-order valence-electron chi connectivity index (χ1n) is 10.5. The van der Waals surface area contributed by atoms with Crippen LogP contribution in [0.5, 0.6) is 0 Å². The molecule has 0 saturated heterocycles. The SMILES string of the molecule is CCCCCCCCO[C@H]1CC[C@H](C#Cc2ccc(S(F)(F)(F)(F)F)cc2)CC1. The van der Waals surface area contributed by atoms with E-state index < -0.39 is 15.1 Å². The number of halogens is 5. The Kier molecular flexibility index (Phi) is 7.67. The van der Waals surface area contributed by atoms with E-state index in [4.69, 9.17) is 4.74 Å². The number of hydrogen-bond acceptors (Lipinski definition) is 1. The van der Waals surface area contributed by atoms with Crippen molar-refractivity contribution in [3.05, 3.63) is 29.8 Å². The van der Waals surface area contributed by atoms with Crippen LogP contribution in [0.15, 0.2) is 29.2 Å². The molecule has 0 heterocycles. The maximum Gasteiger partial charge on any atom is 0.310 e. The molecule has 29 heavy (non-hydrogen) atoms. The second-order valence-corrected chi connectivity index (χ2v) is 10.3. The maximum absolute atomic E-state index is 12.7. The molecule has 0 unspecified atom stereocenters. The van der Waals surface area contributed by atoms with Crippen molar-refractivity contribution < 1.29 is 24.2 Å². The van der Waals surface area contributed by atoms with Crippen LogP contribution in [0.2, 0.25) is 0 Å². The molecule has 1 aromatic carbocycles. The summed E-state index contributed by atoms with van der Waals surface area (Å²) in [5, 5.41) is 0. The molecule has 7 heteroatoms. The molecule has 0 spiro atoms. The Labute approximate surface area is 171 Å². The summed E-state index contributed by atoms with van der Waals surface area (Å²) in [5.41, 5.74) is 0.317. The molecule has 0 aliphatic heterocycles. The highest BCUT2D eigenvalue weighted by Crippen LogP contribution is 3.02. The highest BCUT2D eigenvalue weighted by atomic mass is 32.5. The first-order chi connectivity index (χ1) is 13.5. The second kappa shape index (κ2) is 9.26. The predicted octanol–water partition coefficient (Wildman–Crippen LogP) is 8.63. The van der Waals surface area contributed by atoms with Crippen molar-refractivity contribution in [1.29, 1.82) is 0 Å². The van der Waals surface area contributed by atoms with Gasteiger partial charge < -0.3 is 4.74 Å². The molecule has 0 aromatic heterocycles. The molecular weight excluding hydrogens is 407 g/mol. The Morgan fingerprint density at radius 2 is 1.45 bits per heavy atom. The molecule has 0 N–H and O–H groups in total. The first-order valence-corrected chi connectivity index (χ1v) is 12.4. The summed E-state index contributed by atoms with van der Waals surface area (Å²) in [6.45, 7) is 3.00.